The number of allylic oxidation sites excluding steroid dienone is 2. The van der Waals surface area contributed by atoms with Crippen molar-refractivity contribution in [1.82, 2.24) is 15.5 Å². The van der Waals surface area contributed by atoms with Gasteiger partial charge in [-0.3, -0.25) is 4.79 Å². The Morgan fingerprint density at radius 1 is 1.53 bits per heavy atom. The molecule has 17 heavy (non-hydrogen) atoms. The van der Waals surface area contributed by atoms with Crippen LogP contribution in [0.15, 0.2) is 29.3 Å². The van der Waals surface area contributed by atoms with Gasteiger partial charge in [0, 0.05) is 12.0 Å². The Balaban J connectivity index is 2.61. The SMILES string of the molecule is C=C/C=C/CNC(=O)c1noc(C(C)(C)C)n1. The third-order valence-corrected chi connectivity index (χ3v) is 1.92. The van der Waals surface area contributed by atoms with E-state index < -0.39 is 0 Å². The molecular formula is C12H17N3O2. The molecule has 0 aliphatic rings. The fraction of sp³-hybridized carbons (Fsp3) is 0.417. The van der Waals surface area contributed by atoms with Crippen molar-refractivity contribution in [2.75, 3.05) is 6.54 Å². The number of aromatic nitrogens is 2. The number of hydrogen-bond acceptors (Lipinski definition) is 4. The maximum atomic E-state index is 11.6. The van der Waals surface area contributed by atoms with Crippen molar-refractivity contribution < 1.29 is 9.32 Å². The molecule has 1 heterocycles. The first-order chi connectivity index (χ1) is 7.95. The molecule has 1 amide bonds. The van der Waals surface area contributed by atoms with Gasteiger partial charge in [0.1, 0.15) is 0 Å². The Hall–Kier alpha value is -1.91. The molecule has 0 atom stereocenters. The van der Waals surface area contributed by atoms with E-state index in [1.807, 2.05) is 20.8 Å². The number of rotatable bonds is 4. The summed E-state index contributed by atoms with van der Waals surface area (Å²) in [5, 5.41) is 6.28. The Morgan fingerprint density at radius 3 is 2.76 bits per heavy atom. The van der Waals surface area contributed by atoms with Crippen molar-refractivity contribution in [3.8, 4) is 0 Å². The highest BCUT2D eigenvalue weighted by atomic mass is 16.5. The average Bonchev–Trinajstić information content (AvgIpc) is 2.72. The quantitative estimate of drug-likeness (QED) is 0.808. The summed E-state index contributed by atoms with van der Waals surface area (Å²) >= 11 is 0. The van der Waals surface area contributed by atoms with E-state index >= 15 is 0 Å². The van der Waals surface area contributed by atoms with Gasteiger partial charge in [-0.25, -0.2) is 0 Å². The zero-order valence-electron chi connectivity index (χ0n) is 10.4. The van der Waals surface area contributed by atoms with Crippen LogP contribution in [-0.4, -0.2) is 22.6 Å². The predicted octanol–water partition coefficient (Wildman–Crippen LogP) is 1.84. The highest BCUT2D eigenvalue weighted by Gasteiger charge is 2.23. The van der Waals surface area contributed by atoms with E-state index in [4.69, 9.17) is 4.52 Å². The normalized spacial score (nSPS) is 11.7. The lowest BCUT2D eigenvalue weighted by Gasteiger charge is -2.10. The summed E-state index contributed by atoms with van der Waals surface area (Å²) in [6.45, 7) is 9.75. The molecule has 0 aliphatic carbocycles. The minimum atomic E-state index is -0.349. The lowest BCUT2D eigenvalue weighted by molar-refractivity contribution is 0.0944. The number of nitrogens with zero attached hydrogens (tertiary/aromatic N) is 2. The van der Waals surface area contributed by atoms with Crippen LogP contribution in [0, 0.1) is 0 Å². The second-order valence-corrected chi connectivity index (χ2v) is 4.55. The second-order valence-electron chi connectivity index (χ2n) is 4.55. The number of hydrogen-bond donors (Lipinski definition) is 1. The molecule has 0 fully saturated rings. The van der Waals surface area contributed by atoms with Crippen LogP contribution in [0.1, 0.15) is 37.3 Å². The zero-order chi connectivity index (χ0) is 12.9. The molecule has 1 N–H and O–H groups in total. The van der Waals surface area contributed by atoms with Gasteiger partial charge in [0.05, 0.1) is 0 Å². The molecule has 5 heteroatoms. The molecule has 5 nitrogen and oxygen atoms in total. The smallest absolute Gasteiger partial charge is 0.292 e. The van der Waals surface area contributed by atoms with Gasteiger partial charge in [0.15, 0.2) is 0 Å². The molecule has 1 aromatic heterocycles. The highest BCUT2D eigenvalue weighted by Crippen LogP contribution is 2.19. The van der Waals surface area contributed by atoms with Crippen LogP contribution in [0.5, 0.6) is 0 Å². The zero-order valence-corrected chi connectivity index (χ0v) is 10.4. The van der Waals surface area contributed by atoms with Gasteiger partial charge in [-0.05, 0) is 0 Å². The Kier molecular flexibility index (Phi) is 4.20. The molecule has 1 aromatic rings. The maximum Gasteiger partial charge on any atom is 0.292 e. The van der Waals surface area contributed by atoms with Gasteiger partial charge in [-0.2, -0.15) is 4.98 Å². The summed E-state index contributed by atoms with van der Waals surface area (Å²) in [7, 11) is 0. The summed E-state index contributed by atoms with van der Waals surface area (Å²) < 4.78 is 5.02. The van der Waals surface area contributed by atoms with E-state index in [0.717, 1.165) is 0 Å². The number of carbonyl (C=O) groups is 1. The first-order valence-corrected chi connectivity index (χ1v) is 5.35. The van der Waals surface area contributed by atoms with Crippen molar-refractivity contribution >= 4 is 5.91 Å². The molecule has 0 unspecified atom stereocenters. The van der Waals surface area contributed by atoms with Crippen LogP contribution < -0.4 is 5.32 Å². The third kappa shape index (κ3) is 3.86. The summed E-state index contributed by atoms with van der Waals surface area (Å²) in [6, 6.07) is 0. The van der Waals surface area contributed by atoms with Gasteiger partial charge in [-0.15, -0.1) is 0 Å². The lowest BCUT2D eigenvalue weighted by Crippen LogP contribution is -2.24. The fourth-order valence-corrected chi connectivity index (χ4v) is 1.02. The number of amides is 1. The van der Waals surface area contributed by atoms with Crippen LogP contribution >= 0.6 is 0 Å². The van der Waals surface area contributed by atoms with E-state index in [1.54, 1.807) is 18.2 Å². The molecule has 0 aliphatic heterocycles. The minimum Gasteiger partial charge on any atom is -0.346 e. The van der Waals surface area contributed by atoms with Crippen molar-refractivity contribution in [3.05, 3.63) is 36.5 Å². The van der Waals surface area contributed by atoms with E-state index in [9.17, 15) is 4.79 Å². The first-order valence-electron chi connectivity index (χ1n) is 5.35. The van der Waals surface area contributed by atoms with Gasteiger partial charge in [0.2, 0.25) is 5.89 Å². The highest BCUT2D eigenvalue weighted by molar-refractivity contribution is 5.90. The third-order valence-electron chi connectivity index (χ3n) is 1.92. The number of nitrogens with one attached hydrogen (secondary N) is 1. The molecule has 92 valence electrons. The van der Waals surface area contributed by atoms with Gasteiger partial charge >= 0.3 is 0 Å². The van der Waals surface area contributed by atoms with Gasteiger partial charge < -0.3 is 9.84 Å². The van der Waals surface area contributed by atoms with Crippen LogP contribution in [-0.2, 0) is 5.41 Å². The first kappa shape index (κ1) is 13.2. The van der Waals surface area contributed by atoms with E-state index in [1.165, 1.54) is 0 Å². The van der Waals surface area contributed by atoms with Crippen LogP contribution in [0.3, 0.4) is 0 Å². The van der Waals surface area contributed by atoms with Crippen molar-refractivity contribution in [2.24, 2.45) is 0 Å². The van der Waals surface area contributed by atoms with Crippen molar-refractivity contribution in [2.45, 2.75) is 26.2 Å². The molecule has 0 saturated carbocycles. The molecule has 0 spiro atoms. The minimum absolute atomic E-state index is 0.0573. The summed E-state index contributed by atoms with van der Waals surface area (Å²) in [4.78, 5) is 15.6. The predicted molar refractivity (Wildman–Crippen MR) is 64.7 cm³/mol. The summed E-state index contributed by atoms with van der Waals surface area (Å²) in [6.07, 6.45) is 5.16. The van der Waals surface area contributed by atoms with Crippen LogP contribution in [0.25, 0.3) is 0 Å². The van der Waals surface area contributed by atoms with Crippen molar-refractivity contribution in [1.29, 1.82) is 0 Å². The van der Waals surface area contributed by atoms with Crippen LogP contribution in [0.2, 0.25) is 0 Å². The van der Waals surface area contributed by atoms with Crippen LogP contribution in [0.4, 0.5) is 0 Å². The monoisotopic (exact) mass is 235 g/mol. The lowest BCUT2D eigenvalue weighted by atomic mass is 9.97. The molecule has 0 saturated heterocycles. The van der Waals surface area contributed by atoms with Gasteiger partial charge in [-0.1, -0.05) is 50.7 Å². The van der Waals surface area contributed by atoms with E-state index in [2.05, 4.69) is 22.0 Å². The Bertz CT molecular complexity index is 427. The maximum absolute atomic E-state index is 11.6. The Morgan fingerprint density at radius 2 is 2.24 bits per heavy atom. The topological polar surface area (TPSA) is 68.0 Å². The van der Waals surface area contributed by atoms with Crippen molar-refractivity contribution in [3.63, 3.8) is 0 Å². The van der Waals surface area contributed by atoms with Gasteiger partial charge in [0.25, 0.3) is 11.7 Å². The summed E-state index contributed by atoms with van der Waals surface area (Å²) in [5.74, 6) is 0.157. The molecule has 0 bridgehead atoms. The Labute approximate surface area is 101 Å². The second kappa shape index (κ2) is 5.43. The molecule has 0 aromatic carbocycles. The largest absolute Gasteiger partial charge is 0.346 e. The molecule has 0 radical (unpaired) electrons. The van der Waals surface area contributed by atoms with E-state index in [0.29, 0.717) is 12.4 Å². The summed E-state index contributed by atoms with van der Waals surface area (Å²) in [5.41, 5.74) is -0.256. The number of carbonyl (C=O) groups excluding carboxylic acids is 1. The standard InChI is InChI=1S/C12H17N3O2/c1-5-6-7-8-13-10(16)9-14-11(17-15-9)12(2,3)4/h5-7H,1,8H2,2-4H3,(H,13,16)/b7-6+. The molecular weight excluding hydrogens is 218 g/mol. The average molecular weight is 235 g/mol. The molecule has 1 rings (SSSR count). The fourth-order valence-electron chi connectivity index (χ4n) is 1.02. The van der Waals surface area contributed by atoms with E-state index in [-0.39, 0.29) is 17.1 Å².